The first-order chi connectivity index (χ1) is 9.61. The van der Waals surface area contributed by atoms with Crippen molar-refractivity contribution in [3.63, 3.8) is 0 Å². The number of likely N-dealkylation sites (tertiary alicyclic amines) is 1. The van der Waals surface area contributed by atoms with Gasteiger partial charge in [-0.25, -0.2) is 4.79 Å². The predicted octanol–water partition coefficient (Wildman–Crippen LogP) is 1.34. The summed E-state index contributed by atoms with van der Waals surface area (Å²) in [6, 6.07) is 8.80. The van der Waals surface area contributed by atoms with E-state index in [0.29, 0.717) is 18.5 Å². The molecule has 2 rings (SSSR count). The van der Waals surface area contributed by atoms with E-state index in [1.807, 2.05) is 18.0 Å². The molecule has 0 aromatic heterocycles. The van der Waals surface area contributed by atoms with Crippen LogP contribution in [0.1, 0.15) is 16.8 Å². The van der Waals surface area contributed by atoms with Crippen molar-refractivity contribution in [1.29, 1.82) is 0 Å². The van der Waals surface area contributed by atoms with Gasteiger partial charge in [-0.05, 0) is 25.6 Å². The SMILES string of the molecule is COC(=O)[C@@H]1CN(C)CC[C@H]1OC(=O)c1ccccc1. The number of hydrogen-bond acceptors (Lipinski definition) is 5. The number of nitrogens with zero attached hydrogens (tertiary/aromatic N) is 1. The van der Waals surface area contributed by atoms with Crippen molar-refractivity contribution in [2.75, 3.05) is 27.2 Å². The molecule has 0 saturated carbocycles. The first-order valence-electron chi connectivity index (χ1n) is 6.64. The average molecular weight is 277 g/mol. The molecule has 1 fully saturated rings. The summed E-state index contributed by atoms with van der Waals surface area (Å²) < 4.78 is 10.3. The van der Waals surface area contributed by atoms with E-state index in [2.05, 4.69) is 0 Å². The number of piperidine rings is 1. The topological polar surface area (TPSA) is 55.8 Å². The molecule has 0 spiro atoms. The monoisotopic (exact) mass is 277 g/mol. The molecule has 20 heavy (non-hydrogen) atoms. The molecule has 1 saturated heterocycles. The maximum atomic E-state index is 12.1. The maximum Gasteiger partial charge on any atom is 0.338 e. The van der Waals surface area contributed by atoms with Crippen LogP contribution >= 0.6 is 0 Å². The fourth-order valence-electron chi connectivity index (χ4n) is 2.39. The molecular formula is C15H19NO4. The van der Waals surface area contributed by atoms with Gasteiger partial charge in [-0.1, -0.05) is 18.2 Å². The summed E-state index contributed by atoms with van der Waals surface area (Å²) >= 11 is 0. The number of benzene rings is 1. The fourth-order valence-corrected chi connectivity index (χ4v) is 2.39. The van der Waals surface area contributed by atoms with E-state index >= 15 is 0 Å². The van der Waals surface area contributed by atoms with Crippen LogP contribution in [-0.4, -0.2) is 50.2 Å². The quantitative estimate of drug-likeness (QED) is 0.780. The third-order valence-electron chi connectivity index (χ3n) is 3.52. The van der Waals surface area contributed by atoms with E-state index < -0.39 is 18.0 Å². The third-order valence-corrected chi connectivity index (χ3v) is 3.52. The molecule has 0 N–H and O–H groups in total. The van der Waals surface area contributed by atoms with Crippen LogP contribution in [0.25, 0.3) is 0 Å². The van der Waals surface area contributed by atoms with Crippen molar-refractivity contribution in [3.8, 4) is 0 Å². The highest BCUT2D eigenvalue weighted by Crippen LogP contribution is 2.22. The van der Waals surface area contributed by atoms with Gasteiger partial charge in [0, 0.05) is 13.1 Å². The van der Waals surface area contributed by atoms with Gasteiger partial charge in [-0.2, -0.15) is 0 Å². The standard InChI is InChI=1S/C15H19NO4/c1-16-9-8-13(12(10-16)15(18)19-2)20-14(17)11-6-4-3-5-7-11/h3-7,12-13H,8-10H2,1-2H3/t12-,13-/m1/s1. The number of carbonyl (C=O) groups is 2. The van der Waals surface area contributed by atoms with Gasteiger partial charge in [0.25, 0.3) is 0 Å². The molecule has 0 bridgehead atoms. The Bertz CT molecular complexity index is 474. The Hall–Kier alpha value is -1.88. The zero-order valence-electron chi connectivity index (χ0n) is 11.7. The fraction of sp³-hybridized carbons (Fsp3) is 0.467. The molecule has 1 aliphatic heterocycles. The Morgan fingerprint density at radius 1 is 1.25 bits per heavy atom. The summed E-state index contributed by atoms with van der Waals surface area (Å²) in [7, 11) is 3.29. The van der Waals surface area contributed by atoms with E-state index in [1.54, 1.807) is 24.3 Å². The van der Waals surface area contributed by atoms with E-state index in [1.165, 1.54) is 7.11 Å². The lowest BCUT2D eigenvalue weighted by atomic mass is 9.95. The van der Waals surface area contributed by atoms with Crippen LogP contribution in [0.15, 0.2) is 30.3 Å². The molecule has 108 valence electrons. The molecule has 1 aromatic rings. The Labute approximate surface area is 118 Å². The summed E-state index contributed by atoms with van der Waals surface area (Å²) in [6.45, 7) is 1.33. The van der Waals surface area contributed by atoms with E-state index in [4.69, 9.17) is 9.47 Å². The first-order valence-corrected chi connectivity index (χ1v) is 6.64. The normalized spacial score (nSPS) is 23.1. The van der Waals surface area contributed by atoms with Gasteiger partial charge in [-0.3, -0.25) is 4.79 Å². The molecule has 0 amide bonds. The van der Waals surface area contributed by atoms with Crippen molar-refractivity contribution in [1.82, 2.24) is 4.90 Å². The lowest BCUT2D eigenvalue weighted by Gasteiger charge is -2.34. The average Bonchev–Trinajstić information content (AvgIpc) is 2.49. The predicted molar refractivity (Wildman–Crippen MR) is 73.3 cm³/mol. The van der Waals surface area contributed by atoms with Gasteiger partial charge in [0.2, 0.25) is 0 Å². The van der Waals surface area contributed by atoms with Gasteiger partial charge in [0.15, 0.2) is 0 Å². The summed E-state index contributed by atoms with van der Waals surface area (Å²) in [5, 5.41) is 0. The highest BCUT2D eigenvalue weighted by atomic mass is 16.6. The number of hydrogen-bond donors (Lipinski definition) is 0. The van der Waals surface area contributed by atoms with Crippen LogP contribution in [0.2, 0.25) is 0 Å². The molecular weight excluding hydrogens is 258 g/mol. The molecule has 1 heterocycles. The van der Waals surface area contributed by atoms with Crippen LogP contribution < -0.4 is 0 Å². The second-order valence-corrected chi connectivity index (χ2v) is 4.99. The van der Waals surface area contributed by atoms with Crippen molar-refractivity contribution in [2.45, 2.75) is 12.5 Å². The van der Waals surface area contributed by atoms with Crippen LogP contribution in [0, 0.1) is 5.92 Å². The zero-order valence-corrected chi connectivity index (χ0v) is 11.7. The minimum absolute atomic E-state index is 0.331. The van der Waals surface area contributed by atoms with Crippen molar-refractivity contribution in [3.05, 3.63) is 35.9 Å². The molecule has 1 aliphatic rings. The molecule has 5 nitrogen and oxygen atoms in total. The molecule has 0 aliphatic carbocycles. The zero-order chi connectivity index (χ0) is 14.5. The molecule has 0 radical (unpaired) electrons. The van der Waals surface area contributed by atoms with Gasteiger partial charge in [-0.15, -0.1) is 0 Å². The molecule has 1 aromatic carbocycles. The smallest absolute Gasteiger partial charge is 0.338 e. The highest BCUT2D eigenvalue weighted by molar-refractivity contribution is 5.89. The van der Waals surface area contributed by atoms with Crippen LogP contribution in [-0.2, 0) is 14.3 Å². The number of ether oxygens (including phenoxy) is 2. The summed E-state index contributed by atoms with van der Waals surface area (Å²) in [6.07, 6.45) is 0.209. The number of carbonyl (C=O) groups excluding carboxylic acids is 2. The summed E-state index contributed by atoms with van der Waals surface area (Å²) in [5.41, 5.74) is 0.495. The Morgan fingerprint density at radius 2 is 1.95 bits per heavy atom. The Morgan fingerprint density at radius 3 is 2.60 bits per heavy atom. The number of esters is 2. The van der Waals surface area contributed by atoms with E-state index in [-0.39, 0.29) is 5.97 Å². The van der Waals surface area contributed by atoms with Gasteiger partial charge in [0.05, 0.1) is 12.7 Å². The minimum Gasteiger partial charge on any atom is -0.469 e. The largest absolute Gasteiger partial charge is 0.469 e. The lowest BCUT2D eigenvalue weighted by Crippen LogP contribution is -2.47. The molecule has 5 heteroatoms. The van der Waals surface area contributed by atoms with Crippen LogP contribution in [0.4, 0.5) is 0 Å². The summed E-state index contributed by atoms with van der Waals surface area (Å²) in [5.74, 6) is -1.15. The maximum absolute atomic E-state index is 12.1. The van der Waals surface area contributed by atoms with Crippen LogP contribution in [0.3, 0.4) is 0 Å². The van der Waals surface area contributed by atoms with Gasteiger partial charge < -0.3 is 14.4 Å². The Balaban J connectivity index is 2.06. The number of methoxy groups -OCH3 is 1. The lowest BCUT2D eigenvalue weighted by molar-refractivity contribution is -0.152. The first kappa shape index (κ1) is 14.5. The second kappa shape index (κ2) is 6.52. The van der Waals surface area contributed by atoms with Crippen molar-refractivity contribution >= 4 is 11.9 Å². The minimum atomic E-state index is -0.425. The van der Waals surface area contributed by atoms with E-state index in [9.17, 15) is 9.59 Å². The Kier molecular flexibility index (Phi) is 4.74. The van der Waals surface area contributed by atoms with Crippen LogP contribution in [0.5, 0.6) is 0 Å². The van der Waals surface area contributed by atoms with E-state index in [0.717, 1.165) is 6.54 Å². The third kappa shape index (κ3) is 3.36. The number of rotatable bonds is 3. The second-order valence-electron chi connectivity index (χ2n) is 4.99. The molecule has 0 unspecified atom stereocenters. The van der Waals surface area contributed by atoms with Gasteiger partial charge >= 0.3 is 11.9 Å². The summed E-state index contributed by atoms with van der Waals surface area (Å²) in [4.78, 5) is 25.9. The van der Waals surface area contributed by atoms with Crippen molar-refractivity contribution < 1.29 is 19.1 Å². The molecule has 2 atom stereocenters. The van der Waals surface area contributed by atoms with Gasteiger partial charge in [0.1, 0.15) is 12.0 Å². The highest BCUT2D eigenvalue weighted by Gasteiger charge is 2.36. The van der Waals surface area contributed by atoms with Crippen molar-refractivity contribution in [2.24, 2.45) is 5.92 Å².